The van der Waals surface area contributed by atoms with E-state index in [1.165, 1.54) is 18.2 Å². The highest BCUT2D eigenvalue weighted by Crippen LogP contribution is 2.30. The summed E-state index contributed by atoms with van der Waals surface area (Å²) in [4.78, 5) is 33.8. The van der Waals surface area contributed by atoms with E-state index in [1.54, 1.807) is 6.07 Å². The molecular formula is C27H24N4O8. The molecule has 4 rings (SSSR count). The summed E-state index contributed by atoms with van der Waals surface area (Å²) in [6.45, 7) is 3.38. The Morgan fingerprint density at radius 1 is 1.05 bits per heavy atom. The van der Waals surface area contributed by atoms with Crippen LogP contribution in [0, 0.1) is 24.0 Å². The van der Waals surface area contributed by atoms with Crippen molar-refractivity contribution in [3.8, 4) is 17.2 Å². The zero-order valence-corrected chi connectivity index (χ0v) is 21.0. The van der Waals surface area contributed by atoms with Crippen molar-refractivity contribution in [1.29, 1.82) is 0 Å². The number of benzene rings is 2. The minimum absolute atomic E-state index is 0.0268. The van der Waals surface area contributed by atoms with Crippen LogP contribution in [-0.4, -0.2) is 39.3 Å². The first-order valence-corrected chi connectivity index (χ1v) is 11.6. The van der Waals surface area contributed by atoms with Crippen LogP contribution in [0.15, 0.2) is 76.2 Å². The Kier molecular flexibility index (Phi) is 8.05. The van der Waals surface area contributed by atoms with Crippen LogP contribution in [0.25, 0.3) is 5.69 Å². The average molecular weight is 533 g/mol. The number of nitrogens with zero attached hydrogens (tertiary/aromatic N) is 3. The number of carboxylic acids is 1. The molecule has 12 heteroatoms. The van der Waals surface area contributed by atoms with Gasteiger partial charge in [-0.25, -0.2) is 10.2 Å². The number of ether oxygens (including phenoxy) is 2. The van der Waals surface area contributed by atoms with Crippen molar-refractivity contribution in [1.82, 2.24) is 9.99 Å². The van der Waals surface area contributed by atoms with E-state index in [0.717, 1.165) is 29.4 Å². The van der Waals surface area contributed by atoms with E-state index in [1.807, 2.05) is 38.1 Å². The monoisotopic (exact) mass is 532 g/mol. The number of aliphatic carboxylic acids is 1. The first kappa shape index (κ1) is 26.7. The predicted octanol–water partition coefficient (Wildman–Crippen LogP) is 4.40. The molecule has 0 aliphatic rings. The lowest BCUT2D eigenvalue weighted by Gasteiger charge is -2.10. The smallest absolute Gasteiger partial charge is 0.341 e. The highest BCUT2D eigenvalue weighted by molar-refractivity contribution is 5.93. The number of rotatable bonds is 11. The van der Waals surface area contributed by atoms with Crippen molar-refractivity contribution in [2.75, 3.05) is 6.61 Å². The SMILES string of the molecule is Cc1ccc(C)n1-c1ccc(OCc2ccc(C(=O)N/N=C/c3cccc([N+](=O)[O-])c3OCC(=O)O)o2)cc1. The first-order chi connectivity index (χ1) is 18.7. The van der Waals surface area contributed by atoms with Gasteiger partial charge in [-0.3, -0.25) is 14.9 Å². The molecule has 2 aromatic carbocycles. The number of amides is 1. The quantitative estimate of drug-likeness (QED) is 0.163. The van der Waals surface area contributed by atoms with Gasteiger partial charge < -0.3 is 23.6 Å². The number of carboxylic acid groups (broad SMARTS) is 1. The van der Waals surface area contributed by atoms with Crippen LogP contribution in [0.5, 0.6) is 11.5 Å². The molecule has 0 saturated carbocycles. The Morgan fingerprint density at radius 3 is 2.44 bits per heavy atom. The second kappa shape index (κ2) is 11.8. The highest BCUT2D eigenvalue weighted by atomic mass is 16.6. The minimum Gasteiger partial charge on any atom is -0.486 e. The van der Waals surface area contributed by atoms with E-state index in [4.69, 9.17) is 19.0 Å². The van der Waals surface area contributed by atoms with Crippen molar-refractivity contribution in [2.45, 2.75) is 20.5 Å². The molecule has 39 heavy (non-hydrogen) atoms. The third-order valence-electron chi connectivity index (χ3n) is 5.56. The van der Waals surface area contributed by atoms with Gasteiger partial charge in [-0.1, -0.05) is 6.07 Å². The van der Waals surface area contributed by atoms with Crippen molar-refractivity contribution < 1.29 is 33.5 Å². The number of hydrogen-bond acceptors (Lipinski definition) is 8. The second-order valence-corrected chi connectivity index (χ2v) is 8.33. The highest BCUT2D eigenvalue weighted by Gasteiger charge is 2.19. The van der Waals surface area contributed by atoms with E-state index in [0.29, 0.717) is 11.5 Å². The number of aromatic nitrogens is 1. The van der Waals surface area contributed by atoms with Crippen molar-refractivity contribution in [2.24, 2.45) is 5.10 Å². The topological polar surface area (TPSA) is 158 Å². The maximum atomic E-state index is 12.4. The van der Waals surface area contributed by atoms with Gasteiger partial charge in [-0.05, 0) is 68.4 Å². The standard InChI is InChI=1S/C27H24N4O8/c1-17-6-7-18(2)30(17)20-8-10-21(11-9-20)37-15-22-12-13-24(39-22)27(34)29-28-14-19-4-3-5-23(31(35)36)26(19)38-16-25(32)33/h3-14H,15-16H2,1-2H3,(H,29,34)(H,32,33)/b28-14+. The summed E-state index contributed by atoms with van der Waals surface area (Å²) in [7, 11) is 0. The molecule has 2 heterocycles. The van der Waals surface area contributed by atoms with Crippen LogP contribution in [-0.2, 0) is 11.4 Å². The van der Waals surface area contributed by atoms with Gasteiger partial charge in [0.2, 0.25) is 5.75 Å². The summed E-state index contributed by atoms with van der Waals surface area (Å²) in [5.74, 6) is -1.24. The lowest BCUT2D eigenvalue weighted by atomic mass is 10.2. The number of carbonyl (C=O) groups excluding carboxylic acids is 1. The number of furan rings is 1. The van der Waals surface area contributed by atoms with Gasteiger partial charge in [0, 0.05) is 28.7 Å². The number of carbonyl (C=O) groups is 2. The van der Waals surface area contributed by atoms with Crippen LogP contribution in [0.3, 0.4) is 0 Å². The van der Waals surface area contributed by atoms with Crippen LogP contribution in [0.1, 0.15) is 33.3 Å². The third-order valence-corrected chi connectivity index (χ3v) is 5.56. The molecule has 0 unspecified atom stereocenters. The molecule has 200 valence electrons. The van der Waals surface area contributed by atoms with E-state index < -0.39 is 29.1 Å². The van der Waals surface area contributed by atoms with E-state index in [2.05, 4.69) is 27.2 Å². The number of hydrazone groups is 1. The molecule has 2 N–H and O–H groups in total. The molecule has 4 aromatic rings. The summed E-state index contributed by atoms with van der Waals surface area (Å²) in [6.07, 6.45) is 1.11. The predicted molar refractivity (Wildman–Crippen MR) is 140 cm³/mol. The van der Waals surface area contributed by atoms with E-state index in [-0.39, 0.29) is 23.7 Å². The van der Waals surface area contributed by atoms with Gasteiger partial charge in [0.1, 0.15) is 18.1 Å². The molecule has 0 aliphatic carbocycles. The van der Waals surface area contributed by atoms with Crippen LogP contribution in [0.4, 0.5) is 5.69 Å². The van der Waals surface area contributed by atoms with Gasteiger partial charge in [0.05, 0.1) is 11.1 Å². The average Bonchev–Trinajstić information content (AvgIpc) is 3.52. The Labute approximate surface area is 222 Å². The fourth-order valence-electron chi connectivity index (χ4n) is 3.79. The Hall–Kier alpha value is -5.39. The number of nitro groups is 1. The lowest BCUT2D eigenvalue weighted by Crippen LogP contribution is -2.17. The summed E-state index contributed by atoms with van der Waals surface area (Å²) in [5.41, 5.74) is 5.20. The maximum Gasteiger partial charge on any atom is 0.341 e. The molecule has 0 radical (unpaired) electrons. The Bertz CT molecular complexity index is 1520. The summed E-state index contributed by atoms with van der Waals surface area (Å²) < 4.78 is 18.5. The number of para-hydroxylation sites is 1. The van der Waals surface area contributed by atoms with E-state index in [9.17, 15) is 19.7 Å². The molecule has 0 aliphatic heterocycles. The first-order valence-electron chi connectivity index (χ1n) is 11.6. The molecule has 1 amide bonds. The van der Waals surface area contributed by atoms with Gasteiger partial charge in [-0.2, -0.15) is 5.10 Å². The number of aryl methyl sites for hydroxylation is 2. The number of nitrogens with one attached hydrogen (secondary N) is 1. The second-order valence-electron chi connectivity index (χ2n) is 8.33. The lowest BCUT2D eigenvalue weighted by molar-refractivity contribution is -0.385. The van der Waals surface area contributed by atoms with Gasteiger partial charge >= 0.3 is 17.6 Å². The minimum atomic E-state index is -1.30. The Morgan fingerprint density at radius 2 is 1.77 bits per heavy atom. The summed E-state index contributed by atoms with van der Waals surface area (Å²) >= 11 is 0. The molecule has 12 nitrogen and oxygen atoms in total. The molecule has 0 bridgehead atoms. The zero-order chi connectivity index (χ0) is 27.9. The molecular weight excluding hydrogens is 508 g/mol. The molecule has 0 spiro atoms. The van der Waals surface area contributed by atoms with Crippen molar-refractivity contribution in [3.63, 3.8) is 0 Å². The van der Waals surface area contributed by atoms with Crippen molar-refractivity contribution in [3.05, 3.63) is 105 Å². The van der Waals surface area contributed by atoms with Gasteiger partial charge in [0.15, 0.2) is 12.4 Å². The molecule has 0 fully saturated rings. The third kappa shape index (κ3) is 6.49. The molecule has 0 saturated heterocycles. The van der Waals surface area contributed by atoms with Crippen LogP contribution >= 0.6 is 0 Å². The van der Waals surface area contributed by atoms with Gasteiger partial charge in [-0.15, -0.1) is 0 Å². The summed E-state index contributed by atoms with van der Waals surface area (Å²) in [5, 5.41) is 23.9. The van der Waals surface area contributed by atoms with Gasteiger partial charge in [0.25, 0.3) is 0 Å². The number of nitro benzene ring substituents is 1. The fourth-order valence-corrected chi connectivity index (χ4v) is 3.79. The maximum absolute atomic E-state index is 12.4. The van der Waals surface area contributed by atoms with Crippen LogP contribution < -0.4 is 14.9 Å². The normalized spacial score (nSPS) is 10.9. The molecule has 0 atom stereocenters. The zero-order valence-electron chi connectivity index (χ0n) is 21.0. The Balaban J connectivity index is 1.35. The fraction of sp³-hybridized carbons (Fsp3) is 0.148. The van der Waals surface area contributed by atoms with E-state index >= 15 is 0 Å². The van der Waals surface area contributed by atoms with Crippen molar-refractivity contribution >= 4 is 23.8 Å². The number of hydrogen-bond donors (Lipinski definition) is 2. The molecule has 2 aromatic heterocycles. The largest absolute Gasteiger partial charge is 0.486 e. The summed E-state index contributed by atoms with van der Waals surface area (Å²) in [6, 6.07) is 18.7. The van der Waals surface area contributed by atoms with Crippen LogP contribution in [0.2, 0.25) is 0 Å².